The van der Waals surface area contributed by atoms with Crippen molar-refractivity contribution in [3.8, 4) is 5.75 Å². The lowest BCUT2D eigenvalue weighted by Gasteiger charge is -2.07. The van der Waals surface area contributed by atoms with Crippen LogP contribution in [-0.4, -0.2) is 5.78 Å². The Morgan fingerprint density at radius 3 is 2.37 bits per heavy atom. The summed E-state index contributed by atoms with van der Waals surface area (Å²) in [4.78, 5) is 12.9. The van der Waals surface area contributed by atoms with Crippen molar-refractivity contribution in [1.29, 1.82) is 0 Å². The Balaban J connectivity index is 1.48. The summed E-state index contributed by atoms with van der Waals surface area (Å²) >= 11 is 0. The topological polar surface area (TPSA) is 26.3 Å². The maximum Gasteiger partial charge on any atom is 0.189 e. The number of hydrogen-bond donors (Lipinski definition) is 0. The Kier molecular flexibility index (Phi) is 5.15. The molecule has 0 atom stereocenters. The highest BCUT2D eigenvalue weighted by atomic mass is 16.5. The van der Waals surface area contributed by atoms with Crippen LogP contribution in [0.25, 0.3) is 6.08 Å². The van der Waals surface area contributed by atoms with Crippen LogP contribution < -0.4 is 4.74 Å². The van der Waals surface area contributed by atoms with Gasteiger partial charge in [0, 0.05) is 11.1 Å². The lowest BCUT2D eigenvalue weighted by Crippen LogP contribution is -2.03. The van der Waals surface area contributed by atoms with E-state index in [4.69, 9.17) is 4.74 Å². The van der Waals surface area contributed by atoms with Gasteiger partial charge in [-0.1, -0.05) is 66.7 Å². The molecule has 0 unspecified atom stereocenters. The molecule has 3 aromatic rings. The van der Waals surface area contributed by atoms with Gasteiger partial charge >= 0.3 is 0 Å². The number of aryl methyl sites for hydroxylation is 1. The number of fused-ring (bicyclic) bond motifs is 1. The maximum atomic E-state index is 12.9. The number of Topliss-reactive ketones (excluding diaryl/α,β-unsaturated/α-hetero) is 1. The van der Waals surface area contributed by atoms with Crippen LogP contribution in [0.1, 0.15) is 39.9 Å². The van der Waals surface area contributed by atoms with Gasteiger partial charge in [-0.15, -0.1) is 0 Å². The molecule has 0 spiro atoms. The van der Waals surface area contributed by atoms with Gasteiger partial charge in [-0.2, -0.15) is 0 Å². The molecule has 1 aliphatic rings. The molecule has 0 aliphatic heterocycles. The van der Waals surface area contributed by atoms with E-state index >= 15 is 0 Å². The van der Waals surface area contributed by atoms with Crippen molar-refractivity contribution in [2.75, 3.05) is 0 Å². The van der Waals surface area contributed by atoms with E-state index in [2.05, 4.69) is 6.07 Å². The standard InChI is InChI=1S/C25H22O2/c26-25-22(11-6-10-21-9-4-5-12-24(21)25)17-19-13-15-23(16-14-19)27-18-20-7-2-1-3-8-20/h1-5,7-9,12-17H,6,10-11,18H2/b22-17+. The fraction of sp³-hybridized carbons (Fsp3) is 0.160. The van der Waals surface area contributed by atoms with Crippen molar-refractivity contribution < 1.29 is 9.53 Å². The van der Waals surface area contributed by atoms with Crippen molar-refractivity contribution in [2.45, 2.75) is 25.9 Å². The highest BCUT2D eigenvalue weighted by Gasteiger charge is 2.19. The minimum absolute atomic E-state index is 0.160. The average molecular weight is 354 g/mol. The summed E-state index contributed by atoms with van der Waals surface area (Å²) in [6.07, 6.45) is 4.81. The van der Waals surface area contributed by atoms with Crippen LogP contribution >= 0.6 is 0 Å². The largest absolute Gasteiger partial charge is 0.489 e. The second kappa shape index (κ2) is 8.05. The summed E-state index contributed by atoms with van der Waals surface area (Å²) in [5.41, 5.74) is 5.08. The van der Waals surface area contributed by atoms with Gasteiger partial charge in [-0.3, -0.25) is 4.79 Å². The third kappa shape index (κ3) is 4.17. The van der Waals surface area contributed by atoms with E-state index in [1.54, 1.807) is 0 Å². The monoisotopic (exact) mass is 354 g/mol. The summed E-state index contributed by atoms with van der Waals surface area (Å²) in [6.45, 7) is 0.552. The fourth-order valence-electron chi connectivity index (χ4n) is 3.46. The molecule has 0 amide bonds. The fourth-order valence-corrected chi connectivity index (χ4v) is 3.46. The molecule has 0 heterocycles. The van der Waals surface area contributed by atoms with Gasteiger partial charge in [0.25, 0.3) is 0 Å². The lowest BCUT2D eigenvalue weighted by molar-refractivity contribution is 0.103. The van der Waals surface area contributed by atoms with Crippen molar-refractivity contribution in [3.63, 3.8) is 0 Å². The van der Waals surface area contributed by atoms with Gasteiger partial charge < -0.3 is 4.74 Å². The van der Waals surface area contributed by atoms with Gasteiger partial charge in [-0.25, -0.2) is 0 Å². The molecule has 0 N–H and O–H groups in total. The van der Waals surface area contributed by atoms with Crippen LogP contribution in [0, 0.1) is 0 Å². The SMILES string of the molecule is O=C1/C(=C/c2ccc(OCc3ccccc3)cc2)CCCc2ccccc21. The Bertz CT molecular complexity index is 953. The van der Waals surface area contributed by atoms with Gasteiger partial charge in [0.05, 0.1) is 0 Å². The zero-order valence-electron chi connectivity index (χ0n) is 15.2. The number of ether oxygens (including phenoxy) is 1. The molecular formula is C25H22O2. The van der Waals surface area contributed by atoms with E-state index in [0.29, 0.717) is 6.61 Å². The predicted octanol–water partition coefficient (Wildman–Crippen LogP) is 5.87. The zero-order valence-corrected chi connectivity index (χ0v) is 15.2. The molecule has 134 valence electrons. The van der Waals surface area contributed by atoms with E-state index < -0.39 is 0 Å². The van der Waals surface area contributed by atoms with Gasteiger partial charge in [-0.05, 0) is 54.2 Å². The summed E-state index contributed by atoms with van der Waals surface area (Å²) in [6, 6.07) is 26.0. The van der Waals surface area contributed by atoms with Crippen LogP contribution in [0.3, 0.4) is 0 Å². The van der Waals surface area contributed by atoms with Gasteiger partial charge in [0.15, 0.2) is 5.78 Å². The maximum absolute atomic E-state index is 12.9. The van der Waals surface area contributed by atoms with Crippen molar-refractivity contribution >= 4 is 11.9 Å². The van der Waals surface area contributed by atoms with Gasteiger partial charge in [0.2, 0.25) is 0 Å². The van der Waals surface area contributed by atoms with E-state index in [1.165, 1.54) is 0 Å². The van der Waals surface area contributed by atoms with Crippen molar-refractivity contribution in [3.05, 3.63) is 107 Å². The number of allylic oxidation sites excluding steroid dienone is 1. The Labute approximate surface area is 160 Å². The molecule has 27 heavy (non-hydrogen) atoms. The Hall–Kier alpha value is -3.13. The zero-order chi connectivity index (χ0) is 18.5. The second-order valence-corrected chi connectivity index (χ2v) is 6.85. The summed E-state index contributed by atoms with van der Waals surface area (Å²) in [7, 11) is 0. The molecule has 2 nitrogen and oxygen atoms in total. The molecule has 1 aliphatic carbocycles. The lowest BCUT2D eigenvalue weighted by atomic mass is 9.98. The molecule has 0 saturated carbocycles. The molecule has 2 heteroatoms. The quantitative estimate of drug-likeness (QED) is 0.433. The third-order valence-corrected chi connectivity index (χ3v) is 4.92. The first-order valence-corrected chi connectivity index (χ1v) is 9.39. The van der Waals surface area contributed by atoms with Crippen LogP contribution in [0.5, 0.6) is 5.75 Å². The molecular weight excluding hydrogens is 332 g/mol. The Morgan fingerprint density at radius 2 is 1.56 bits per heavy atom. The van der Waals surface area contributed by atoms with Crippen molar-refractivity contribution in [2.24, 2.45) is 0 Å². The molecule has 0 bridgehead atoms. The molecule has 0 saturated heterocycles. The van der Waals surface area contributed by atoms with Crippen molar-refractivity contribution in [1.82, 2.24) is 0 Å². The molecule has 4 rings (SSSR count). The number of ketones is 1. The second-order valence-electron chi connectivity index (χ2n) is 6.85. The third-order valence-electron chi connectivity index (χ3n) is 4.92. The first-order chi connectivity index (χ1) is 13.3. The van der Waals surface area contributed by atoms with Crippen LogP contribution in [-0.2, 0) is 13.0 Å². The average Bonchev–Trinajstić information content (AvgIpc) is 2.88. The summed E-state index contributed by atoms with van der Waals surface area (Å²) in [5.74, 6) is 0.992. The van der Waals surface area contributed by atoms with Gasteiger partial charge in [0.1, 0.15) is 12.4 Å². The Morgan fingerprint density at radius 1 is 0.815 bits per heavy atom. The number of benzene rings is 3. The van der Waals surface area contributed by atoms with E-state index in [-0.39, 0.29) is 5.78 Å². The highest BCUT2D eigenvalue weighted by molar-refractivity contribution is 6.12. The first kappa shape index (κ1) is 17.3. The smallest absolute Gasteiger partial charge is 0.189 e. The summed E-state index contributed by atoms with van der Waals surface area (Å²) in [5, 5.41) is 0. The van der Waals surface area contributed by atoms with Crippen LogP contribution in [0.2, 0.25) is 0 Å². The number of rotatable bonds is 4. The van der Waals surface area contributed by atoms with E-state index in [1.807, 2.05) is 78.9 Å². The van der Waals surface area contributed by atoms with Crippen LogP contribution in [0.4, 0.5) is 0 Å². The first-order valence-electron chi connectivity index (χ1n) is 9.39. The van der Waals surface area contributed by atoms with E-state index in [0.717, 1.165) is 52.8 Å². The minimum Gasteiger partial charge on any atom is -0.489 e. The molecule has 0 radical (unpaired) electrons. The minimum atomic E-state index is 0.160. The number of hydrogen-bond acceptors (Lipinski definition) is 2. The molecule has 0 fully saturated rings. The predicted molar refractivity (Wildman–Crippen MR) is 109 cm³/mol. The van der Waals surface area contributed by atoms with E-state index in [9.17, 15) is 4.79 Å². The van der Waals surface area contributed by atoms with Crippen LogP contribution in [0.15, 0.2) is 84.4 Å². The molecule has 3 aromatic carbocycles. The highest BCUT2D eigenvalue weighted by Crippen LogP contribution is 2.26. The number of carbonyl (C=O) groups is 1. The molecule has 0 aromatic heterocycles. The normalized spacial score (nSPS) is 15.3. The number of carbonyl (C=O) groups excluding carboxylic acids is 1. The summed E-state index contributed by atoms with van der Waals surface area (Å²) < 4.78 is 5.84.